The molecular formula is C25H17BrN2O3. The van der Waals surface area contributed by atoms with Gasteiger partial charge in [0.05, 0.1) is 11.8 Å². The molecule has 0 aliphatic rings. The van der Waals surface area contributed by atoms with Gasteiger partial charge in [-0.05, 0) is 52.7 Å². The van der Waals surface area contributed by atoms with Crippen LogP contribution in [0.4, 0.5) is 0 Å². The van der Waals surface area contributed by atoms with Crippen LogP contribution in [0.25, 0.3) is 10.8 Å². The molecule has 0 heterocycles. The van der Waals surface area contributed by atoms with Crippen molar-refractivity contribution in [3.05, 3.63) is 112 Å². The van der Waals surface area contributed by atoms with Gasteiger partial charge in [0.15, 0.2) is 0 Å². The molecule has 31 heavy (non-hydrogen) atoms. The van der Waals surface area contributed by atoms with Crippen LogP contribution in [0.2, 0.25) is 0 Å². The van der Waals surface area contributed by atoms with Gasteiger partial charge in [-0.3, -0.25) is 4.79 Å². The second-order valence-corrected chi connectivity index (χ2v) is 7.61. The van der Waals surface area contributed by atoms with Gasteiger partial charge < -0.3 is 4.74 Å². The number of hydrazone groups is 1. The van der Waals surface area contributed by atoms with E-state index in [0.29, 0.717) is 22.4 Å². The average molecular weight is 473 g/mol. The standard InChI is InChI=1S/C25H17BrN2O3/c26-20-10-4-9-19(15-20)24(29)28-27-16-17-6-3-11-21(14-17)31-25(30)23-13-5-8-18-7-1-2-12-22(18)23/h1-16H,(H,28,29)/b27-16-. The third-order valence-corrected chi connectivity index (χ3v) is 5.04. The molecule has 4 rings (SSSR count). The fourth-order valence-corrected chi connectivity index (χ4v) is 3.48. The number of carbonyl (C=O) groups excluding carboxylic acids is 2. The van der Waals surface area contributed by atoms with Gasteiger partial charge in [0.1, 0.15) is 5.75 Å². The molecule has 152 valence electrons. The highest BCUT2D eigenvalue weighted by atomic mass is 79.9. The number of fused-ring (bicyclic) bond motifs is 1. The topological polar surface area (TPSA) is 67.8 Å². The zero-order valence-electron chi connectivity index (χ0n) is 16.3. The Morgan fingerprint density at radius 2 is 1.65 bits per heavy atom. The number of nitrogens with one attached hydrogen (secondary N) is 1. The Morgan fingerprint density at radius 3 is 2.52 bits per heavy atom. The molecule has 4 aromatic rings. The predicted molar refractivity (Wildman–Crippen MR) is 125 cm³/mol. The number of halogens is 1. The summed E-state index contributed by atoms with van der Waals surface area (Å²) in [5, 5.41) is 5.79. The molecule has 0 atom stereocenters. The molecular weight excluding hydrogens is 456 g/mol. The maximum absolute atomic E-state index is 12.7. The Morgan fingerprint density at radius 1 is 0.871 bits per heavy atom. The van der Waals surface area contributed by atoms with E-state index in [1.807, 2.05) is 42.5 Å². The number of benzene rings is 4. The lowest BCUT2D eigenvalue weighted by Crippen LogP contribution is -2.17. The van der Waals surface area contributed by atoms with Crippen LogP contribution in [0.5, 0.6) is 5.75 Å². The third-order valence-electron chi connectivity index (χ3n) is 4.54. The molecule has 0 bridgehead atoms. The number of hydrogen-bond donors (Lipinski definition) is 1. The molecule has 0 saturated heterocycles. The number of carbonyl (C=O) groups is 2. The first-order valence-electron chi connectivity index (χ1n) is 9.49. The van der Waals surface area contributed by atoms with Crippen molar-refractivity contribution >= 4 is 44.8 Å². The van der Waals surface area contributed by atoms with Crippen LogP contribution in [-0.4, -0.2) is 18.1 Å². The molecule has 1 amide bonds. The zero-order chi connectivity index (χ0) is 21.6. The van der Waals surface area contributed by atoms with E-state index >= 15 is 0 Å². The van der Waals surface area contributed by atoms with E-state index in [-0.39, 0.29) is 5.91 Å². The summed E-state index contributed by atoms with van der Waals surface area (Å²) in [6, 6.07) is 27.1. The lowest BCUT2D eigenvalue weighted by Gasteiger charge is -2.08. The van der Waals surface area contributed by atoms with Crippen LogP contribution in [0, 0.1) is 0 Å². The van der Waals surface area contributed by atoms with Gasteiger partial charge in [-0.2, -0.15) is 5.10 Å². The second kappa shape index (κ2) is 9.36. The highest BCUT2D eigenvalue weighted by Crippen LogP contribution is 2.21. The maximum Gasteiger partial charge on any atom is 0.344 e. The lowest BCUT2D eigenvalue weighted by molar-refractivity contribution is 0.0736. The van der Waals surface area contributed by atoms with Crippen molar-refractivity contribution in [2.45, 2.75) is 0 Å². The average Bonchev–Trinajstić information content (AvgIpc) is 2.79. The van der Waals surface area contributed by atoms with Crippen LogP contribution in [0.15, 0.2) is 101 Å². The van der Waals surface area contributed by atoms with Crippen molar-refractivity contribution in [3.63, 3.8) is 0 Å². The van der Waals surface area contributed by atoms with Crippen LogP contribution in [0.1, 0.15) is 26.3 Å². The van der Waals surface area contributed by atoms with E-state index < -0.39 is 5.97 Å². The van der Waals surface area contributed by atoms with Gasteiger partial charge in [0.25, 0.3) is 5.91 Å². The highest BCUT2D eigenvalue weighted by Gasteiger charge is 2.12. The summed E-state index contributed by atoms with van der Waals surface area (Å²) in [7, 11) is 0. The molecule has 6 heteroatoms. The summed E-state index contributed by atoms with van der Waals surface area (Å²) in [4.78, 5) is 24.9. The molecule has 5 nitrogen and oxygen atoms in total. The van der Waals surface area contributed by atoms with Gasteiger partial charge in [-0.15, -0.1) is 0 Å². The fraction of sp³-hybridized carbons (Fsp3) is 0. The molecule has 4 aromatic carbocycles. The van der Waals surface area contributed by atoms with Crippen molar-refractivity contribution in [2.75, 3.05) is 0 Å². The predicted octanol–water partition coefficient (Wildman–Crippen LogP) is 5.59. The number of amides is 1. The molecule has 0 spiro atoms. The molecule has 0 fully saturated rings. The summed E-state index contributed by atoms with van der Waals surface area (Å²) in [6.07, 6.45) is 1.49. The van der Waals surface area contributed by atoms with E-state index in [4.69, 9.17) is 4.74 Å². The monoisotopic (exact) mass is 472 g/mol. The zero-order valence-corrected chi connectivity index (χ0v) is 17.9. The quantitative estimate of drug-likeness (QED) is 0.178. The number of hydrogen-bond acceptors (Lipinski definition) is 4. The van der Waals surface area contributed by atoms with Crippen molar-refractivity contribution in [2.24, 2.45) is 5.10 Å². The Bertz CT molecular complexity index is 1300. The van der Waals surface area contributed by atoms with E-state index in [9.17, 15) is 9.59 Å². The first kappa shape index (κ1) is 20.5. The molecule has 0 aromatic heterocycles. The van der Waals surface area contributed by atoms with E-state index in [2.05, 4.69) is 26.5 Å². The van der Waals surface area contributed by atoms with Crippen LogP contribution < -0.4 is 10.2 Å². The minimum absolute atomic E-state index is 0.323. The van der Waals surface area contributed by atoms with Crippen molar-refractivity contribution in [1.82, 2.24) is 5.43 Å². The first-order chi connectivity index (χ1) is 15.1. The minimum Gasteiger partial charge on any atom is -0.423 e. The van der Waals surface area contributed by atoms with Crippen molar-refractivity contribution in [3.8, 4) is 5.75 Å². The third kappa shape index (κ3) is 5.05. The van der Waals surface area contributed by atoms with E-state index in [1.54, 1.807) is 48.5 Å². The Labute approximate surface area is 187 Å². The van der Waals surface area contributed by atoms with E-state index in [1.165, 1.54) is 6.21 Å². The summed E-state index contributed by atoms with van der Waals surface area (Å²) in [5.41, 5.74) is 4.15. The normalized spacial score (nSPS) is 10.9. The maximum atomic E-state index is 12.7. The number of esters is 1. The van der Waals surface area contributed by atoms with Crippen LogP contribution >= 0.6 is 15.9 Å². The van der Waals surface area contributed by atoms with Gasteiger partial charge >= 0.3 is 5.97 Å². The molecule has 0 unspecified atom stereocenters. The largest absolute Gasteiger partial charge is 0.423 e. The van der Waals surface area contributed by atoms with Gasteiger partial charge in [0.2, 0.25) is 0 Å². The van der Waals surface area contributed by atoms with Crippen molar-refractivity contribution < 1.29 is 14.3 Å². The molecule has 1 N–H and O–H groups in total. The summed E-state index contributed by atoms with van der Waals surface area (Å²) in [6.45, 7) is 0. The van der Waals surface area contributed by atoms with E-state index in [0.717, 1.165) is 15.2 Å². The van der Waals surface area contributed by atoms with Gasteiger partial charge in [-0.1, -0.05) is 70.5 Å². The fourth-order valence-electron chi connectivity index (χ4n) is 3.08. The number of rotatable bonds is 5. The SMILES string of the molecule is O=C(N/N=C\c1cccc(OC(=O)c2cccc3ccccc23)c1)c1cccc(Br)c1. The van der Waals surface area contributed by atoms with Gasteiger partial charge in [-0.25, -0.2) is 10.2 Å². The first-order valence-corrected chi connectivity index (χ1v) is 10.3. The minimum atomic E-state index is -0.436. The number of ether oxygens (including phenoxy) is 1. The van der Waals surface area contributed by atoms with Gasteiger partial charge in [0, 0.05) is 10.0 Å². The molecule has 0 saturated carbocycles. The van der Waals surface area contributed by atoms with Crippen molar-refractivity contribution in [1.29, 1.82) is 0 Å². The highest BCUT2D eigenvalue weighted by molar-refractivity contribution is 9.10. The Hall–Kier alpha value is -3.77. The summed E-state index contributed by atoms with van der Waals surface area (Å²) < 4.78 is 6.38. The van der Waals surface area contributed by atoms with Crippen LogP contribution in [-0.2, 0) is 0 Å². The smallest absolute Gasteiger partial charge is 0.344 e. The number of nitrogens with zero attached hydrogens (tertiary/aromatic N) is 1. The lowest BCUT2D eigenvalue weighted by atomic mass is 10.0. The molecule has 0 radical (unpaired) electrons. The summed E-state index contributed by atoms with van der Waals surface area (Å²) >= 11 is 3.33. The molecule has 0 aliphatic carbocycles. The molecule has 0 aliphatic heterocycles. The summed E-state index contributed by atoms with van der Waals surface area (Å²) in [5.74, 6) is -0.370. The second-order valence-electron chi connectivity index (χ2n) is 6.70. The Kier molecular flexibility index (Phi) is 6.19. The van der Waals surface area contributed by atoms with Crippen LogP contribution in [0.3, 0.4) is 0 Å². The Balaban J connectivity index is 1.45.